The first-order valence-corrected chi connectivity index (χ1v) is 6.79. The summed E-state index contributed by atoms with van der Waals surface area (Å²) >= 11 is 0. The van der Waals surface area contributed by atoms with Gasteiger partial charge in [-0.25, -0.2) is 4.79 Å². The number of methoxy groups -OCH3 is 1. The minimum atomic E-state index is -0.753. The number of amides is 1. The molecule has 0 atom stereocenters. The molecule has 102 valence electrons. The Labute approximate surface area is 108 Å². The van der Waals surface area contributed by atoms with Crippen molar-refractivity contribution in [3.8, 4) is 0 Å². The van der Waals surface area contributed by atoms with E-state index in [1.807, 2.05) is 0 Å². The summed E-state index contributed by atoms with van der Waals surface area (Å²) in [6, 6.07) is 0. The number of carbonyl (C=O) groups excluding carboxylic acids is 2. The first-order chi connectivity index (χ1) is 8.68. The van der Waals surface area contributed by atoms with E-state index in [2.05, 4.69) is 10.6 Å². The largest absolute Gasteiger partial charge is 0.467 e. The maximum atomic E-state index is 12.2. The number of hydrogen-bond donors (Lipinski definition) is 2. The van der Waals surface area contributed by atoms with E-state index in [0.29, 0.717) is 12.8 Å². The molecule has 1 saturated heterocycles. The van der Waals surface area contributed by atoms with Crippen LogP contribution >= 0.6 is 0 Å². The van der Waals surface area contributed by atoms with Crippen LogP contribution in [0.5, 0.6) is 0 Å². The molecular weight excluding hydrogens is 232 g/mol. The van der Waals surface area contributed by atoms with Crippen LogP contribution in [-0.4, -0.2) is 37.6 Å². The smallest absolute Gasteiger partial charge is 0.331 e. The van der Waals surface area contributed by atoms with Crippen LogP contribution in [0.4, 0.5) is 0 Å². The van der Waals surface area contributed by atoms with Gasteiger partial charge in [-0.05, 0) is 38.8 Å². The molecule has 0 aromatic carbocycles. The van der Waals surface area contributed by atoms with Crippen LogP contribution < -0.4 is 10.6 Å². The van der Waals surface area contributed by atoms with Gasteiger partial charge in [-0.1, -0.05) is 12.8 Å². The molecule has 5 heteroatoms. The molecule has 2 rings (SSSR count). The molecular formula is C13H22N2O3. The minimum absolute atomic E-state index is 0.0174. The van der Waals surface area contributed by atoms with Gasteiger partial charge in [0.2, 0.25) is 5.91 Å². The molecule has 1 amide bonds. The molecule has 1 saturated carbocycles. The molecule has 0 unspecified atom stereocenters. The van der Waals surface area contributed by atoms with E-state index < -0.39 is 5.54 Å². The lowest BCUT2D eigenvalue weighted by atomic mass is 9.92. The van der Waals surface area contributed by atoms with Crippen molar-refractivity contribution in [2.24, 2.45) is 5.92 Å². The van der Waals surface area contributed by atoms with Crippen LogP contribution in [0.15, 0.2) is 0 Å². The summed E-state index contributed by atoms with van der Waals surface area (Å²) in [7, 11) is 1.39. The van der Waals surface area contributed by atoms with Crippen molar-refractivity contribution in [2.45, 2.75) is 44.1 Å². The van der Waals surface area contributed by atoms with Crippen LogP contribution in [0.3, 0.4) is 0 Å². The van der Waals surface area contributed by atoms with Crippen LogP contribution in [0.1, 0.15) is 38.5 Å². The van der Waals surface area contributed by atoms with Crippen molar-refractivity contribution in [2.75, 3.05) is 20.2 Å². The zero-order valence-corrected chi connectivity index (χ0v) is 11.0. The fraction of sp³-hybridized carbons (Fsp3) is 0.846. The molecule has 1 heterocycles. The Balaban J connectivity index is 2.00. The molecule has 0 spiro atoms. The highest BCUT2D eigenvalue weighted by Gasteiger charge is 2.44. The molecule has 2 N–H and O–H groups in total. The second-order valence-electron chi connectivity index (χ2n) is 5.29. The summed E-state index contributed by atoms with van der Waals surface area (Å²) in [5.74, 6) is -0.237. The van der Waals surface area contributed by atoms with Crippen molar-refractivity contribution in [1.29, 1.82) is 0 Å². The van der Waals surface area contributed by atoms with Crippen molar-refractivity contribution < 1.29 is 14.3 Å². The van der Waals surface area contributed by atoms with Gasteiger partial charge >= 0.3 is 5.97 Å². The van der Waals surface area contributed by atoms with E-state index in [0.717, 1.165) is 38.8 Å². The monoisotopic (exact) mass is 254 g/mol. The average Bonchev–Trinajstić information content (AvgIpc) is 2.88. The number of piperidine rings is 1. The lowest BCUT2D eigenvalue weighted by Crippen LogP contribution is -2.55. The third-order valence-electron chi connectivity index (χ3n) is 4.11. The number of hydrogen-bond acceptors (Lipinski definition) is 4. The van der Waals surface area contributed by atoms with Crippen LogP contribution in [0, 0.1) is 5.92 Å². The number of carbonyl (C=O) groups is 2. The molecule has 1 aliphatic heterocycles. The van der Waals surface area contributed by atoms with Gasteiger partial charge in [0, 0.05) is 5.92 Å². The summed E-state index contributed by atoms with van der Waals surface area (Å²) in [5.41, 5.74) is -0.753. The van der Waals surface area contributed by atoms with Gasteiger partial charge in [-0.2, -0.15) is 0 Å². The summed E-state index contributed by atoms with van der Waals surface area (Å²) in [5, 5.41) is 6.21. The van der Waals surface area contributed by atoms with Crippen molar-refractivity contribution in [1.82, 2.24) is 10.6 Å². The molecule has 5 nitrogen and oxygen atoms in total. The zero-order chi connectivity index (χ0) is 13.0. The number of ether oxygens (including phenoxy) is 1. The number of rotatable bonds is 3. The van der Waals surface area contributed by atoms with E-state index in [4.69, 9.17) is 4.74 Å². The third-order valence-corrected chi connectivity index (χ3v) is 4.11. The van der Waals surface area contributed by atoms with Gasteiger partial charge in [0.15, 0.2) is 0 Å². The Kier molecular flexibility index (Phi) is 4.22. The van der Waals surface area contributed by atoms with Gasteiger partial charge in [-0.15, -0.1) is 0 Å². The highest BCUT2D eigenvalue weighted by atomic mass is 16.5. The van der Waals surface area contributed by atoms with Gasteiger partial charge in [0.05, 0.1) is 7.11 Å². The normalized spacial score (nSPS) is 23.6. The molecule has 18 heavy (non-hydrogen) atoms. The first kappa shape index (κ1) is 13.3. The molecule has 0 aromatic heterocycles. The fourth-order valence-corrected chi connectivity index (χ4v) is 2.98. The molecule has 1 aliphatic carbocycles. The van der Waals surface area contributed by atoms with Crippen molar-refractivity contribution in [3.05, 3.63) is 0 Å². The maximum Gasteiger partial charge on any atom is 0.331 e. The number of esters is 1. The summed E-state index contributed by atoms with van der Waals surface area (Å²) < 4.78 is 4.86. The van der Waals surface area contributed by atoms with E-state index in [-0.39, 0.29) is 17.8 Å². The lowest BCUT2D eigenvalue weighted by Gasteiger charge is -2.30. The standard InChI is InChI=1S/C13H22N2O3/c1-18-12(17)13(6-2-3-7-13)15-11(16)10-4-8-14-9-5-10/h10,14H,2-9H2,1H3,(H,15,16). The molecule has 2 fully saturated rings. The Morgan fingerprint density at radius 2 is 1.83 bits per heavy atom. The van der Waals surface area contributed by atoms with Crippen molar-refractivity contribution >= 4 is 11.9 Å². The van der Waals surface area contributed by atoms with E-state index in [9.17, 15) is 9.59 Å². The zero-order valence-electron chi connectivity index (χ0n) is 11.0. The van der Waals surface area contributed by atoms with Gasteiger partial charge in [0.25, 0.3) is 0 Å². The summed E-state index contributed by atoms with van der Waals surface area (Å²) in [6.45, 7) is 1.76. The first-order valence-electron chi connectivity index (χ1n) is 6.79. The van der Waals surface area contributed by atoms with Gasteiger partial charge < -0.3 is 15.4 Å². The highest BCUT2D eigenvalue weighted by Crippen LogP contribution is 2.31. The Morgan fingerprint density at radius 1 is 1.22 bits per heavy atom. The van der Waals surface area contributed by atoms with E-state index >= 15 is 0 Å². The number of nitrogens with one attached hydrogen (secondary N) is 2. The van der Waals surface area contributed by atoms with Crippen LogP contribution in [0.25, 0.3) is 0 Å². The van der Waals surface area contributed by atoms with Crippen LogP contribution in [0.2, 0.25) is 0 Å². The third kappa shape index (κ3) is 2.66. The highest BCUT2D eigenvalue weighted by molar-refractivity contribution is 5.89. The SMILES string of the molecule is COC(=O)C1(NC(=O)C2CCNCC2)CCCC1. The predicted molar refractivity (Wildman–Crippen MR) is 67.0 cm³/mol. The van der Waals surface area contributed by atoms with E-state index in [1.165, 1.54) is 7.11 Å². The fourth-order valence-electron chi connectivity index (χ4n) is 2.98. The Morgan fingerprint density at radius 3 is 2.39 bits per heavy atom. The second kappa shape index (κ2) is 5.69. The second-order valence-corrected chi connectivity index (χ2v) is 5.29. The lowest BCUT2D eigenvalue weighted by molar-refractivity contribution is -0.151. The quantitative estimate of drug-likeness (QED) is 0.723. The molecule has 2 aliphatic rings. The Bertz CT molecular complexity index is 318. The average molecular weight is 254 g/mol. The predicted octanol–water partition coefficient (Wildman–Crippen LogP) is 0.588. The van der Waals surface area contributed by atoms with Crippen LogP contribution in [-0.2, 0) is 14.3 Å². The summed E-state index contributed by atoms with van der Waals surface area (Å²) in [4.78, 5) is 24.1. The van der Waals surface area contributed by atoms with E-state index in [1.54, 1.807) is 0 Å². The molecule has 0 bridgehead atoms. The topological polar surface area (TPSA) is 67.4 Å². The summed E-state index contributed by atoms with van der Waals surface area (Å²) in [6.07, 6.45) is 5.06. The minimum Gasteiger partial charge on any atom is -0.467 e. The van der Waals surface area contributed by atoms with Gasteiger partial charge in [-0.3, -0.25) is 4.79 Å². The molecule has 0 aromatic rings. The maximum absolute atomic E-state index is 12.2. The molecule has 0 radical (unpaired) electrons. The van der Waals surface area contributed by atoms with Gasteiger partial charge in [0.1, 0.15) is 5.54 Å². The van der Waals surface area contributed by atoms with Crippen molar-refractivity contribution in [3.63, 3.8) is 0 Å². The Hall–Kier alpha value is -1.10.